The summed E-state index contributed by atoms with van der Waals surface area (Å²) in [6, 6.07) is 15.3. The van der Waals surface area contributed by atoms with Crippen LogP contribution in [0.3, 0.4) is 0 Å². The summed E-state index contributed by atoms with van der Waals surface area (Å²) in [5.74, 6) is -1.93. The average molecular weight is 486 g/mol. The number of amides is 3. The van der Waals surface area contributed by atoms with E-state index in [2.05, 4.69) is 10.6 Å². The van der Waals surface area contributed by atoms with Crippen LogP contribution in [0.1, 0.15) is 12.8 Å². The molecular weight excluding hydrogens is 462 g/mol. The Balaban J connectivity index is 1.46. The Kier molecular flexibility index (Phi) is 5.84. The zero-order valence-corrected chi connectivity index (χ0v) is 19.3. The van der Waals surface area contributed by atoms with Crippen molar-refractivity contribution in [2.45, 2.75) is 28.9 Å². The number of halogens is 1. The van der Waals surface area contributed by atoms with Crippen LogP contribution in [0, 0.1) is 11.8 Å². The molecule has 7 nitrogen and oxygen atoms in total. The molecule has 2 aromatic rings. The van der Waals surface area contributed by atoms with Gasteiger partial charge in [-0.1, -0.05) is 41.9 Å². The fourth-order valence-corrected chi connectivity index (χ4v) is 8.02. The lowest BCUT2D eigenvalue weighted by molar-refractivity contribution is -0.138. The fourth-order valence-electron chi connectivity index (χ4n) is 5.61. The van der Waals surface area contributed by atoms with Gasteiger partial charge in [0.2, 0.25) is 17.7 Å². The molecule has 0 saturated carbocycles. The number of para-hydroxylation sites is 2. The van der Waals surface area contributed by atoms with E-state index in [0.717, 1.165) is 6.42 Å². The maximum Gasteiger partial charge on any atom is 0.248 e. The number of hydrogen-bond donors (Lipinski definition) is 3. The van der Waals surface area contributed by atoms with Gasteiger partial charge in [0.25, 0.3) is 0 Å². The lowest BCUT2D eigenvalue weighted by Crippen LogP contribution is -2.52. The minimum absolute atomic E-state index is 0.0328. The molecule has 2 aromatic carbocycles. The normalized spacial score (nSPS) is 29.8. The third-order valence-electron chi connectivity index (χ3n) is 6.87. The van der Waals surface area contributed by atoms with Crippen LogP contribution in [0.2, 0.25) is 5.02 Å². The third kappa shape index (κ3) is 3.61. The predicted octanol–water partition coefficient (Wildman–Crippen LogP) is 3.00. The van der Waals surface area contributed by atoms with Gasteiger partial charge in [-0.25, -0.2) is 0 Å². The van der Waals surface area contributed by atoms with E-state index >= 15 is 0 Å². The molecule has 3 aliphatic rings. The van der Waals surface area contributed by atoms with Crippen LogP contribution in [-0.4, -0.2) is 56.9 Å². The summed E-state index contributed by atoms with van der Waals surface area (Å²) in [7, 11) is 0. The standard InChI is InChI=1S/C24H24ClN3O4S/c25-15-8-4-5-9-16(15)27-22(31)20-24-11-10-17(33-24)18(19(24)23(32)28(20)12-13-29)21(30)26-14-6-2-1-3-7-14/h1-9,17-20,29H,10-13H2,(H,26,30)(H,27,31)/t17-,18+,19+,20?,24?/m1/s1. The number of benzene rings is 2. The average Bonchev–Trinajstić information content (AvgIpc) is 3.44. The van der Waals surface area contributed by atoms with Gasteiger partial charge in [-0.15, -0.1) is 11.8 Å². The molecule has 0 radical (unpaired) electrons. The molecule has 3 heterocycles. The van der Waals surface area contributed by atoms with Gasteiger partial charge in [-0.3, -0.25) is 14.4 Å². The van der Waals surface area contributed by atoms with Crippen molar-refractivity contribution in [3.8, 4) is 0 Å². The van der Waals surface area contributed by atoms with Crippen molar-refractivity contribution < 1.29 is 19.5 Å². The van der Waals surface area contributed by atoms with E-state index < -0.39 is 22.6 Å². The second-order valence-corrected chi connectivity index (χ2v) is 10.6. The molecule has 172 valence electrons. The quantitative estimate of drug-likeness (QED) is 0.584. The molecule has 3 saturated heterocycles. The zero-order valence-electron chi connectivity index (χ0n) is 17.7. The monoisotopic (exact) mass is 485 g/mol. The van der Waals surface area contributed by atoms with Crippen molar-refractivity contribution in [2.24, 2.45) is 11.8 Å². The number of thioether (sulfide) groups is 1. The van der Waals surface area contributed by atoms with Crippen molar-refractivity contribution in [1.29, 1.82) is 0 Å². The topological polar surface area (TPSA) is 98.7 Å². The Morgan fingerprint density at radius 2 is 1.82 bits per heavy atom. The highest BCUT2D eigenvalue weighted by Crippen LogP contribution is 2.66. The third-order valence-corrected chi connectivity index (χ3v) is 9.15. The van der Waals surface area contributed by atoms with Crippen molar-refractivity contribution in [2.75, 3.05) is 23.8 Å². The summed E-state index contributed by atoms with van der Waals surface area (Å²) in [5, 5.41) is 15.8. The van der Waals surface area contributed by atoms with Gasteiger partial charge in [0, 0.05) is 17.5 Å². The van der Waals surface area contributed by atoms with Crippen LogP contribution in [0.15, 0.2) is 54.6 Å². The minimum Gasteiger partial charge on any atom is -0.395 e. The highest BCUT2D eigenvalue weighted by Gasteiger charge is 2.73. The molecule has 5 rings (SSSR count). The van der Waals surface area contributed by atoms with Crippen LogP contribution in [0.25, 0.3) is 0 Å². The van der Waals surface area contributed by atoms with Gasteiger partial charge in [0.15, 0.2) is 0 Å². The number of rotatable bonds is 6. The lowest BCUT2D eigenvalue weighted by atomic mass is 9.70. The number of nitrogens with zero attached hydrogens (tertiary/aromatic N) is 1. The smallest absolute Gasteiger partial charge is 0.248 e. The molecule has 33 heavy (non-hydrogen) atoms. The lowest BCUT2D eigenvalue weighted by Gasteiger charge is -2.34. The van der Waals surface area contributed by atoms with E-state index in [0.29, 0.717) is 22.8 Å². The first kappa shape index (κ1) is 22.3. The molecule has 0 aromatic heterocycles. The fraction of sp³-hybridized carbons (Fsp3) is 0.375. The van der Waals surface area contributed by atoms with Crippen LogP contribution in [0.5, 0.6) is 0 Å². The molecule has 0 aliphatic carbocycles. The van der Waals surface area contributed by atoms with Crippen molar-refractivity contribution in [1.82, 2.24) is 4.90 Å². The number of carbonyl (C=O) groups excluding carboxylic acids is 3. The molecule has 1 spiro atoms. The van der Waals surface area contributed by atoms with Gasteiger partial charge >= 0.3 is 0 Å². The van der Waals surface area contributed by atoms with Gasteiger partial charge in [0.05, 0.1) is 33.9 Å². The number of anilines is 2. The summed E-state index contributed by atoms with van der Waals surface area (Å²) < 4.78 is -0.707. The highest BCUT2D eigenvalue weighted by molar-refractivity contribution is 8.02. The molecule has 5 atom stereocenters. The second-order valence-electron chi connectivity index (χ2n) is 8.64. The highest BCUT2D eigenvalue weighted by atomic mass is 35.5. The maximum absolute atomic E-state index is 13.6. The van der Waals surface area contributed by atoms with Crippen molar-refractivity contribution in [3.05, 3.63) is 59.6 Å². The summed E-state index contributed by atoms with van der Waals surface area (Å²) >= 11 is 7.82. The predicted molar refractivity (Wildman–Crippen MR) is 128 cm³/mol. The van der Waals surface area contributed by atoms with E-state index in [-0.39, 0.29) is 36.1 Å². The van der Waals surface area contributed by atoms with Crippen molar-refractivity contribution in [3.63, 3.8) is 0 Å². The summed E-state index contributed by atoms with van der Waals surface area (Å²) in [6.07, 6.45) is 1.42. The van der Waals surface area contributed by atoms with E-state index in [9.17, 15) is 19.5 Å². The first-order valence-corrected chi connectivity index (χ1v) is 12.2. The molecular formula is C24H24ClN3O4S. The van der Waals surface area contributed by atoms with Crippen LogP contribution < -0.4 is 10.6 Å². The van der Waals surface area contributed by atoms with Gasteiger partial charge in [-0.2, -0.15) is 0 Å². The molecule has 2 unspecified atom stereocenters. The van der Waals surface area contributed by atoms with Gasteiger partial charge < -0.3 is 20.6 Å². The number of nitrogens with one attached hydrogen (secondary N) is 2. The van der Waals surface area contributed by atoms with E-state index in [1.165, 1.54) is 4.90 Å². The first-order chi connectivity index (χ1) is 16.0. The maximum atomic E-state index is 13.6. The molecule has 3 N–H and O–H groups in total. The van der Waals surface area contributed by atoms with Crippen molar-refractivity contribution >= 4 is 52.5 Å². The summed E-state index contributed by atoms with van der Waals surface area (Å²) in [6.45, 7) is -0.227. The molecule has 3 amide bonds. The molecule has 2 bridgehead atoms. The molecule has 3 fully saturated rings. The largest absolute Gasteiger partial charge is 0.395 e. The van der Waals surface area contributed by atoms with E-state index in [1.54, 1.807) is 36.0 Å². The minimum atomic E-state index is -0.789. The number of carbonyl (C=O) groups is 3. The molecule has 3 aliphatic heterocycles. The Morgan fingerprint density at radius 3 is 2.55 bits per heavy atom. The Morgan fingerprint density at radius 1 is 1.09 bits per heavy atom. The Labute approximate surface area is 200 Å². The first-order valence-electron chi connectivity index (χ1n) is 11.0. The van der Waals surface area contributed by atoms with E-state index in [4.69, 9.17) is 11.6 Å². The van der Waals surface area contributed by atoms with Gasteiger partial charge in [0.1, 0.15) is 6.04 Å². The zero-order chi connectivity index (χ0) is 23.2. The Hall–Kier alpha value is -2.55. The molecule has 9 heteroatoms. The van der Waals surface area contributed by atoms with Gasteiger partial charge in [-0.05, 0) is 37.1 Å². The number of hydrogen-bond acceptors (Lipinski definition) is 5. The van der Waals surface area contributed by atoms with Crippen LogP contribution in [-0.2, 0) is 14.4 Å². The van der Waals surface area contributed by atoms with E-state index in [1.807, 2.05) is 30.3 Å². The number of fused-ring (bicyclic) bond motifs is 1. The number of aliphatic hydroxyl groups is 1. The number of β-amino-alcohol motifs (C(OH)–C–C–N with tert-alkyl or cyclic N) is 1. The summed E-state index contributed by atoms with van der Waals surface area (Å²) in [5.41, 5.74) is 1.14. The van der Waals surface area contributed by atoms with Crippen LogP contribution >= 0.6 is 23.4 Å². The summed E-state index contributed by atoms with van der Waals surface area (Å²) in [4.78, 5) is 41.9. The second kappa shape index (κ2) is 8.66. The van der Waals surface area contributed by atoms with Crippen LogP contribution in [0.4, 0.5) is 11.4 Å². The Bertz CT molecular complexity index is 1100. The number of aliphatic hydroxyl groups excluding tert-OH is 1. The SMILES string of the molecule is O=C(Nc1ccccc1Cl)C1N(CCO)C(=O)[C@@H]2[C@@H](C(=O)Nc3ccccc3)[C@H]3CCC12S3. The number of likely N-dealkylation sites (tertiary alicyclic amines) is 1.